The SMILES string of the molecule is CCCCCCCCCCCCCC(=O)O[C@H](CCCCCCCCCCC)CC(=O)N[C@H]1C(OC(=O)C[C@@H](CCCCCCCCCCC)OC(=O)CCCCCCCCCCCCC)[C@H](OP(=O)(O)O)C(CO)O[C@H]1OCC1O[C@H](O)C(NC(=O)C[C@H](O)CCCCCCCCCCC)[C@@H](OC(=O)C[C@H](O)CCCCCCCCCCC)[C@@H]1O. The predicted molar refractivity (Wildman–Crippen MR) is 479 cm³/mol. The summed E-state index contributed by atoms with van der Waals surface area (Å²) < 4.78 is 61.9. The van der Waals surface area contributed by atoms with Crippen LogP contribution in [0.3, 0.4) is 0 Å². The number of phosphoric ester groups is 1. The molecule has 121 heavy (non-hydrogen) atoms. The highest BCUT2D eigenvalue weighted by Gasteiger charge is 2.54. The van der Waals surface area contributed by atoms with E-state index in [4.69, 9.17) is 37.7 Å². The van der Waals surface area contributed by atoms with Crippen LogP contribution in [0.4, 0.5) is 0 Å². The van der Waals surface area contributed by atoms with Crippen molar-refractivity contribution in [2.45, 2.75) is 564 Å². The smallest absolute Gasteiger partial charge is 0.462 e. The van der Waals surface area contributed by atoms with Crippen LogP contribution < -0.4 is 10.6 Å². The van der Waals surface area contributed by atoms with E-state index in [2.05, 4.69) is 52.2 Å². The van der Waals surface area contributed by atoms with Gasteiger partial charge in [0, 0.05) is 12.8 Å². The van der Waals surface area contributed by atoms with Gasteiger partial charge < -0.3 is 79.1 Å². The minimum absolute atomic E-state index is 0.111. The van der Waals surface area contributed by atoms with Crippen LogP contribution in [0.25, 0.3) is 0 Å². The Labute approximate surface area is 733 Å². The molecule has 0 spiro atoms. The summed E-state index contributed by atoms with van der Waals surface area (Å²) >= 11 is 0. The molecule has 25 heteroatoms. The number of phosphoric acid groups is 1. The zero-order chi connectivity index (χ0) is 88.6. The van der Waals surface area contributed by atoms with E-state index in [1.807, 2.05) is 0 Å². The Bertz CT molecular complexity index is 2550. The molecule has 2 heterocycles. The van der Waals surface area contributed by atoms with E-state index >= 15 is 4.79 Å². The highest BCUT2D eigenvalue weighted by atomic mass is 31.2. The molecule has 2 rings (SSSR count). The second-order valence-corrected chi connectivity index (χ2v) is 36.8. The van der Waals surface area contributed by atoms with Crippen molar-refractivity contribution in [3.63, 3.8) is 0 Å². The number of aliphatic hydroxyl groups is 5. The van der Waals surface area contributed by atoms with Crippen LogP contribution in [0, 0.1) is 0 Å². The zero-order valence-electron chi connectivity index (χ0n) is 77.3. The molecule has 2 aliphatic rings. The maximum Gasteiger partial charge on any atom is 0.470 e. The third-order valence-corrected chi connectivity index (χ3v) is 24.6. The quantitative estimate of drug-likeness (QED) is 0.0118. The van der Waals surface area contributed by atoms with Gasteiger partial charge in [-0.05, 0) is 51.4 Å². The summed E-state index contributed by atoms with van der Waals surface area (Å²) in [5, 5.41) is 63.3. The lowest BCUT2D eigenvalue weighted by Gasteiger charge is -2.46. The van der Waals surface area contributed by atoms with Crippen molar-refractivity contribution in [1.82, 2.24) is 10.6 Å². The Kier molecular flexibility index (Phi) is 72.0. The first-order valence-corrected chi connectivity index (χ1v) is 51.5. The molecule has 0 radical (unpaired) electrons. The average molecular weight is 1750 g/mol. The highest BCUT2D eigenvalue weighted by molar-refractivity contribution is 7.46. The van der Waals surface area contributed by atoms with Crippen LogP contribution in [0.15, 0.2) is 0 Å². The van der Waals surface area contributed by atoms with Gasteiger partial charge in [-0.1, -0.05) is 388 Å². The predicted octanol–water partition coefficient (Wildman–Crippen LogP) is 21.3. The van der Waals surface area contributed by atoms with Gasteiger partial charge in [-0.15, -0.1) is 0 Å². The summed E-state index contributed by atoms with van der Waals surface area (Å²) in [5.74, 6) is -4.55. The van der Waals surface area contributed by atoms with Crippen LogP contribution >= 0.6 is 7.82 Å². The molecule has 9 N–H and O–H groups in total. The Morgan fingerprint density at radius 3 is 1.02 bits per heavy atom. The molecule has 14 atom stereocenters. The first kappa shape index (κ1) is 114. The number of amides is 2. The number of hydrogen-bond donors (Lipinski definition) is 9. The molecule has 2 amide bonds. The monoisotopic (exact) mass is 1750 g/mol. The molecule has 2 aliphatic heterocycles. The van der Waals surface area contributed by atoms with Gasteiger partial charge in [-0.25, -0.2) is 4.57 Å². The molecule has 0 aromatic heterocycles. The van der Waals surface area contributed by atoms with Crippen LogP contribution in [0.5, 0.6) is 0 Å². The Morgan fingerprint density at radius 2 is 0.653 bits per heavy atom. The van der Waals surface area contributed by atoms with Gasteiger partial charge >= 0.3 is 31.7 Å². The lowest BCUT2D eigenvalue weighted by Crippen LogP contribution is -2.68. The van der Waals surface area contributed by atoms with E-state index in [0.717, 1.165) is 199 Å². The minimum Gasteiger partial charge on any atom is -0.462 e. The molecular weight excluding hydrogens is 1560 g/mol. The van der Waals surface area contributed by atoms with Crippen LogP contribution in [0.1, 0.15) is 478 Å². The molecule has 2 fully saturated rings. The minimum atomic E-state index is -5.62. The van der Waals surface area contributed by atoms with Gasteiger partial charge in [0.1, 0.15) is 48.7 Å². The van der Waals surface area contributed by atoms with E-state index < -0.39 is 168 Å². The molecule has 0 bridgehead atoms. The fraction of sp³-hybridized carbons (Fsp3) is 0.938. The van der Waals surface area contributed by atoms with Gasteiger partial charge in [0.05, 0.1) is 51.1 Å². The van der Waals surface area contributed by atoms with Gasteiger partial charge in [-0.2, -0.15) is 0 Å². The molecule has 0 saturated carbocycles. The zero-order valence-corrected chi connectivity index (χ0v) is 78.2. The summed E-state index contributed by atoms with van der Waals surface area (Å²) in [6.45, 7) is 11.3. The number of esters is 4. The number of carbonyl (C=O) groups is 6. The largest absolute Gasteiger partial charge is 0.470 e. The van der Waals surface area contributed by atoms with Crippen LogP contribution in [0.2, 0.25) is 0 Å². The van der Waals surface area contributed by atoms with E-state index in [9.17, 15) is 63.9 Å². The topological polar surface area (TPSA) is 359 Å². The van der Waals surface area contributed by atoms with Gasteiger partial charge in [0.25, 0.3) is 0 Å². The number of nitrogens with one attached hydrogen (secondary N) is 2. The van der Waals surface area contributed by atoms with Crippen LogP contribution in [-0.2, 0) is 71.0 Å². The number of rotatable bonds is 84. The Morgan fingerprint density at radius 1 is 0.347 bits per heavy atom. The number of ether oxygens (including phenoxy) is 7. The van der Waals surface area contributed by atoms with Crippen LogP contribution in [-0.4, -0.2) is 170 Å². The molecule has 4 unspecified atom stereocenters. The van der Waals surface area contributed by atoms with E-state index in [1.54, 1.807) is 0 Å². The number of carbonyl (C=O) groups excluding carboxylic acids is 6. The van der Waals surface area contributed by atoms with E-state index in [-0.39, 0.29) is 25.7 Å². The maximum atomic E-state index is 15.1. The van der Waals surface area contributed by atoms with Crippen molar-refractivity contribution in [1.29, 1.82) is 0 Å². The number of hydrogen-bond acceptors (Lipinski definition) is 20. The fourth-order valence-electron chi connectivity index (χ4n) is 16.7. The maximum absolute atomic E-state index is 15.1. The molecule has 24 nitrogen and oxygen atoms in total. The Hall–Kier alpha value is -3.39. The second kappa shape index (κ2) is 76.6. The summed E-state index contributed by atoms with van der Waals surface area (Å²) in [4.78, 5) is 107. The fourth-order valence-corrected chi connectivity index (χ4v) is 17.3. The number of unbranched alkanes of at least 4 members (excludes halogenated alkanes) is 52. The van der Waals surface area contributed by atoms with Crippen molar-refractivity contribution in [3.8, 4) is 0 Å². The highest BCUT2D eigenvalue weighted by Crippen LogP contribution is 2.43. The van der Waals surface area contributed by atoms with Gasteiger partial charge in [0.15, 0.2) is 24.8 Å². The molecular formula is C96H181N2O22P. The molecule has 2 saturated heterocycles. The second-order valence-electron chi connectivity index (χ2n) is 35.7. The van der Waals surface area contributed by atoms with Gasteiger partial charge in [-0.3, -0.25) is 33.3 Å². The van der Waals surface area contributed by atoms with Crippen molar-refractivity contribution in [2.75, 3.05) is 13.2 Å². The van der Waals surface area contributed by atoms with Crippen molar-refractivity contribution in [2.24, 2.45) is 0 Å². The van der Waals surface area contributed by atoms with Crippen molar-refractivity contribution < 1.29 is 106 Å². The third kappa shape index (κ3) is 60.9. The third-order valence-electron chi connectivity index (χ3n) is 24.1. The molecule has 712 valence electrons. The first-order valence-electron chi connectivity index (χ1n) is 50.0. The van der Waals surface area contributed by atoms with E-state index in [0.29, 0.717) is 51.4 Å². The lowest BCUT2D eigenvalue weighted by atomic mass is 9.95. The number of aliphatic hydroxyl groups excluding tert-OH is 5. The lowest BCUT2D eigenvalue weighted by molar-refractivity contribution is -0.298. The summed E-state index contributed by atoms with van der Waals surface area (Å²) in [6.07, 6.45) is 40.7. The standard InChI is InChI=1S/C96H181N2O22P/c1-7-13-19-25-31-37-39-45-51-57-63-69-85(104)114-79(67-61-55-49-43-35-29-23-17-11-5)73-84(103)98-90-94(119-88(107)74-80(68-62-56-50-44-36-30-24-18-12-6)115-86(105)70-64-58-52-46-40-38-32-26-20-14-8-2)92(120-121(110,111)112)81(75-99)117-96(90)113-76-82-91(108)93(118-87(106)72-78(101)66-60-54-48-42-34-28-22-16-10-4)89(95(109)116-82)97-83(102)71-77(100)65-59-53-47-41-33-27-21-15-9-3/h77-82,89-96,99-101,108-109H,7-76H2,1-6H3,(H,97,102)(H,98,103)(H2,110,111,112)/t77-,78-,79-,80-,81?,82?,89?,90+,91-,92-,93-,94?,95+,96-/m1/s1. The van der Waals surface area contributed by atoms with Crippen molar-refractivity contribution >= 4 is 43.5 Å². The first-order chi connectivity index (χ1) is 58.6. The summed E-state index contributed by atoms with van der Waals surface area (Å²) in [7, 11) is -5.62. The summed E-state index contributed by atoms with van der Waals surface area (Å²) in [5.41, 5.74) is 0. The normalized spacial score (nSPS) is 20.4. The summed E-state index contributed by atoms with van der Waals surface area (Å²) in [6, 6.07) is -3.47. The molecule has 0 aliphatic carbocycles. The molecule has 0 aromatic carbocycles. The van der Waals surface area contributed by atoms with Gasteiger partial charge in [0.2, 0.25) is 11.8 Å². The molecule has 0 aromatic rings. The average Bonchev–Trinajstić information content (AvgIpc) is 0.785. The Balaban J connectivity index is 2.73. The van der Waals surface area contributed by atoms with E-state index in [1.165, 1.54) is 135 Å². The van der Waals surface area contributed by atoms with Crippen molar-refractivity contribution in [3.05, 3.63) is 0 Å².